The van der Waals surface area contributed by atoms with Crippen LogP contribution in [0.5, 0.6) is 5.75 Å². The van der Waals surface area contributed by atoms with Crippen molar-refractivity contribution in [1.29, 1.82) is 0 Å². The summed E-state index contributed by atoms with van der Waals surface area (Å²) in [7, 11) is 1.38. The molecule has 0 aliphatic heterocycles. The van der Waals surface area contributed by atoms with Crippen molar-refractivity contribution in [2.75, 3.05) is 7.11 Å². The normalized spacial score (nSPS) is 11.6. The molecule has 0 spiro atoms. The van der Waals surface area contributed by atoms with Crippen molar-refractivity contribution in [1.82, 2.24) is 0 Å². The molecule has 0 N–H and O–H groups in total. The molecule has 0 fully saturated rings. The topological polar surface area (TPSA) is 9.23 Å². The van der Waals surface area contributed by atoms with Crippen LogP contribution < -0.4 is 4.74 Å². The average molecular weight is 265 g/mol. The Morgan fingerprint density at radius 3 is 2.36 bits per heavy atom. The van der Waals surface area contributed by atoms with Crippen LogP contribution in [-0.4, -0.2) is 7.11 Å². The molecule has 0 amide bonds. The van der Waals surface area contributed by atoms with Crippen LogP contribution in [0.15, 0.2) is 16.6 Å². The highest BCUT2D eigenvalue weighted by Gasteiger charge is 2.29. The third-order valence-electron chi connectivity index (χ3n) is 1.87. The van der Waals surface area contributed by atoms with E-state index >= 15 is 0 Å². The number of aryl methyl sites for hydroxylation is 1. The molecule has 0 aliphatic carbocycles. The smallest absolute Gasteiger partial charge is 0.274 e. The van der Waals surface area contributed by atoms with Gasteiger partial charge in [0.2, 0.25) is 0 Å². The van der Waals surface area contributed by atoms with Crippen LogP contribution in [0.4, 0.5) is 8.78 Å². The van der Waals surface area contributed by atoms with Gasteiger partial charge in [0.05, 0.1) is 17.1 Å². The van der Waals surface area contributed by atoms with Gasteiger partial charge >= 0.3 is 0 Å². The van der Waals surface area contributed by atoms with Crippen molar-refractivity contribution in [3.63, 3.8) is 0 Å². The molecule has 0 saturated carbocycles. The summed E-state index contributed by atoms with van der Waals surface area (Å²) in [6, 6.07) is 3.18. The van der Waals surface area contributed by atoms with Gasteiger partial charge in [0.1, 0.15) is 5.75 Å². The first-order valence-electron chi connectivity index (χ1n) is 4.08. The zero-order valence-corrected chi connectivity index (χ0v) is 9.78. The first kappa shape index (κ1) is 11.4. The Morgan fingerprint density at radius 2 is 1.93 bits per heavy atom. The molecule has 0 saturated heterocycles. The summed E-state index contributed by atoms with van der Waals surface area (Å²) in [5.41, 5.74) is 0.682. The highest BCUT2D eigenvalue weighted by atomic mass is 79.9. The predicted molar refractivity (Wildman–Crippen MR) is 55.0 cm³/mol. The summed E-state index contributed by atoms with van der Waals surface area (Å²) in [5, 5.41) is 0. The lowest BCUT2D eigenvalue weighted by Gasteiger charge is -2.16. The zero-order valence-electron chi connectivity index (χ0n) is 8.20. The molecule has 78 valence electrons. The van der Waals surface area contributed by atoms with Crippen LogP contribution in [0.2, 0.25) is 0 Å². The van der Waals surface area contributed by atoms with E-state index in [1.807, 2.05) is 0 Å². The minimum Gasteiger partial charge on any atom is -0.495 e. The fourth-order valence-electron chi connectivity index (χ4n) is 1.26. The van der Waals surface area contributed by atoms with E-state index in [1.54, 1.807) is 13.0 Å². The largest absolute Gasteiger partial charge is 0.495 e. The molecule has 0 aromatic heterocycles. The third kappa shape index (κ3) is 2.23. The van der Waals surface area contributed by atoms with Crippen LogP contribution in [-0.2, 0) is 5.92 Å². The van der Waals surface area contributed by atoms with Crippen LogP contribution in [0.3, 0.4) is 0 Å². The number of rotatable bonds is 2. The molecule has 14 heavy (non-hydrogen) atoms. The van der Waals surface area contributed by atoms with E-state index < -0.39 is 5.92 Å². The van der Waals surface area contributed by atoms with Gasteiger partial charge in [-0.05, 0) is 40.5 Å². The molecule has 0 atom stereocenters. The Bertz CT molecular complexity index is 345. The molecule has 0 aliphatic rings. The molecule has 1 aromatic carbocycles. The second kappa shape index (κ2) is 3.85. The fraction of sp³-hybridized carbons (Fsp3) is 0.400. The van der Waals surface area contributed by atoms with Gasteiger partial charge in [-0.1, -0.05) is 0 Å². The quantitative estimate of drug-likeness (QED) is 0.788. The van der Waals surface area contributed by atoms with E-state index in [-0.39, 0.29) is 11.3 Å². The molecule has 1 aromatic rings. The summed E-state index contributed by atoms with van der Waals surface area (Å²) in [6.45, 7) is 2.62. The number of alkyl halides is 2. The van der Waals surface area contributed by atoms with E-state index in [4.69, 9.17) is 4.74 Å². The Kier molecular flexibility index (Phi) is 3.14. The zero-order chi connectivity index (χ0) is 10.9. The maximum absolute atomic E-state index is 13.2. The van der Waals surface area contributed by atoms with Crippen LogP contribution in [0, 0.1) is 6.92 Å². The number of hydrogen-bond acceptors (Lipinski definition) is 1. The Balaban J connectivity index is 3.40. The van der Waals surface area contributed by atoms with Gasteiger partial charge in [0.15, 0.2) is 0 Å². The predicted octanol–water partition coefficient (Wildman–Crippen LogP) is 3.88. The van der Waals surface area contributed by atoms with Crippen LogP contribution in [0.1, 0.15) is 18.1 Å². The van der Waals surface area contributed by atoms with Gasteiger partial charge in [-0.15, -0.1) is 0 Å². The van der Waals surface area contributed by atoms with Gasteiger partial charge in [-0.25, -0.2) is 8.78 Å². The number of benzene rings is 1. The third-order valence-corrected chi connectivity index (χ3v) is 2.45. The van der Waals surface area contributed by atoms with Crippen molar-refractivity contribution in [2.24, 2.45) is 0 Å². The number of halogens is 3. The second-order valence-electron chi connectivity index (χ2n) is 3.22. The molecule has 0 radical (unpaired) electrons. The van der Waals surface area contributed by atoms with Crippen molar-refractivity contribution >= 4 is 15.9 Å². The molecule has 0 unspecified atom stereocenters. The molecule has 4 heteroatoms. The lowest BCUT2D eigenvalue weighted by molar-refractivity contribution is 0.0149. The lowest BCUT2D eigenvalue weighted by Crippen LogP contribution is -2.10. The number of hydrogen-bond donors (Lipinski definition) is 0. The van der Waals surface area contributed by atoms with E-state index in [9.17, 15) is 8.78 Å². The first-order valence-corrected chi connectivity index (χ1v) is 4.88. The molecule has 1 nitrogen and oxygen atoms in total. The van der Waals surface area contributed by atoms with Gasteiger partial charge < -0.3 is 4.74 Å². The minimum absolute atomic E-state index is 0.0909. The van der Waals surface area contributed by atoms with Gasteiger partial charge in [0.25, 0.3) is 5.92 Å². The molecular weight excluding hydrogens is 254 g/mol. The van der Waals surface area contributed by atoms with Gasteiger partial charge in [-0.3, -0.25) is 0 Å². The van der Waals surface area contributed by atoms with Crippen molar-refractivity contribution in [3.8, 4) is 5.75 Å². The summed E-state index contributed by atoms with van der Waals surface area (Å²) >= 11 is 3.19. The Labute approximate surface area is 90.2 Å². The number of ether oxygens (including phenoxy) is 1. The highest BCUT2D eigenvalue weighted by Crippen LogP contribution is 2.39. The standard InChI is InChI=1S/C10H11BrF2O/c1-6-4-7(10(2,12)13)9(14-3)8(11)5-6/h4-5H,1-3H3. The Morgan fingerprint density at radius 1 is 1.36 bits per heavy atom. The maximum Gasteiger partial charge on any atom is 0.274 e. The first-order chi connectivity index (χ1) is 6.36. The minimum atomic E-state index is -2.89. The summed E-state index contributed by atoms with van der Waals surface area (Å²) in [6.07, 6.45) is 0. The molecule has 1 rings (SSSR count). The number of methoxy groups -OCH3 is 1. The molecule has 0 heterocycles. The SMILES string of the molecule is COc1c(Br)cc(C)cc1C(C)(F)F. The molecule has 0 bridgehead atoms. The van der Waals surface area contributed by atoms with Crippen molar-refractivity contribution in [2.45, 2.75) is 19.8 Å². The lowest BCUT2D eigenvalue weighted by atomic mass is 10.1. The van der Waals surface area contributed by atoms with E-state index in [2.05, 4.69) is 15.9 Å². The average Bonchev–Trinajstić information content (AvgIpc) is 2.01. The van der Waals surface area contributed by atoms with Gasteiger partial charge in [-0.2, -0.15) is 0 Å². The monoisotopic (exact) mass is 264 g/mol. The van der Waals surface area contributed by atoms with Gasteiger partial charge in [0, 0.05) is 6.92 Å². The van der Waals surface area contributed by atoms with E-state index in [1.165, 1.54) is 13.2 Å². The summed E-state index contributed by atoms with van der Waals surface area (Å²) in [5.74, 6) is -2.69. The summed E-state index contributed by atoms with van der Waals surface area (Å²) in [4.78, 5) is 0. The van der Waals surface area contributed by atoms with Crippen molar-refractivity contribution in [3.05, 3.63) is 27.7 Å². The molecular formula is C10H11BrF2O. The second-order valence-corrected chi connectivity index (χ2v) is 4.07. The van der Waals surface area contributed by atoms with Crippen LogP contribution >= 0.6 is 15.9 Å². The van der Waals surface area contributed by atoms with E-state index in [0.717, 1.165) is 12.5 Å². The van der Waals surface area contributed by atoms with Crippen molar-refractivity contribution < 1.29 is 13.5 Å². The van der Waals surface area contributed by atoms with Crippen LogP contribution in [0.25, 0.3) is 0 Å². The highest BCUT2D eigenvalue weighted by molar-refractivity contribution is 9.10. The van der Waals surface area contributed by atoms with E-state index in [0.29, 0.717) is 4.47 Å². The fourth-order valence-corrected chi connectivity index (χ4v) is 2.00. The summed E-state index contributed by atoms with van der Waals surface area (Å²) < 4.78 is 31.8. The maximum atomic E-state index is 13.2. The Hall–Kier alpha value is -0.640.